The maximum absolute atomic E-state index is 12.7. The van der Waals surface area contributed by atoms with Crippen molar-refractivity contribution in [2.45, 2.75) is 57.6 Å². The van der Waals surface area contributed by atoms with Crippen molar-refractivity contribution >= 4 is 11.8 Å². The van der Waals surface area contributed by atoms with E-state index in [4.69, 9.17) is 10.5 Å². The first kappa shape index (κ1) is 20.9. The molecule has 1 aromatic carbocycles. The fourth-order valence-corrected chi connectivity index (χ4v) is 4.69. The van der Waals surface area contributed by atoms with Crippen LogP contribution in [0.25, 0.3) is 0 Å². The molecule has 7 heteroatoms. The second-order valence-corrected chi connectivity index (χ2v) is 9.06. The van der Waals surface area contributed by atoms with Crippen molar-refractivity contribution in [1.82, 2.24) is 10.3 Å². The zero-order chi connectivity index (χ0) is 22.2. The van der Waals surface area contributed by atoms with Gasteiger partial charge in [0.25, 0.3) is 11.8 Å². The average molecular weight is 418 g/mol. The number of aromatic nitrogens is 1. The summed E-state index contributed by atoms with van der Waals surface area (Å²) in [5, 5.41) is 12.4. The van der Waals surface area contributed by atoms with Crippen molar-refractivity contribution in [2.75, 3.05) is 0 Å². The summed E-state index contributed by atoms with van der Waals surface area (Å²) in [5.41, 5.74) is 7.88. The van der Waals surface area contributed by atoms with E-state index in [0.717, 1.165) is 31.2 Å². The van der Waals surface area contributed by atoms with E-state index in [1.165, 1.54) is 0 Å². The van der Waals surface area contributed by atoms with Gasteiger partial charge in [-0.15, -0.1) is 0 Å². The number of nitrogens with two attached hydrogens (primary N) is 1. The molecule has 0 unspecified atom stereocenters. The Hall–Kier alpha value is -3.40. The lowest BCUT2D eigenvalue weighted by Gasteiger charge is -2.57. The fourth-order valence-electron chi connectivity index (χ4n) is 4.69. The van der Waals surface area contributed by atoms with Crippen molar-refractivity contribution in [3.63, 3.8) is 0 Å². The number of carbonyl (C=O) groups excluding carboxylic acids is 2. The van der Waals surface area contributed by atoms with E-state index in [0.29, 0.717) is 16.7 Å². The van der Waals surface area contributed by atoms with Gasteiger partial charge in [0.1, 0.15) is 11.7 Å². The lowest BCUT2D eigenvalue weighted by molar-refractivity contribution is -0.0848. The number of benzene rings is 1. The van der Waals surface area contributed by atoms with Crippen LogP contribution in [0.3, 0.4) is 0 Å². The highest BCUT2D eigenvalue weighted by molar-refractivity contribution is 5.95. The number of nitrogens with one attached hydrogen (secondary N) is 1. The minimum absolute atomic E-state index is 0.00515. The molecule has 2 saturated carbocycles. The van der Waals surface area contributed by atoms with Crippen LogP contribution in [0.15, 0.2) is 36.5 Å². The molecular weight excluding hydrogens is 392 g/mol. The van der Waals surface area contributed by atoms with Gasteiger partial charge in [-0.3, -0.25) is 9.59 Å². The normalized spacial score (nSPS) is 24.1. The zero-order valence-electron chi connectivity index (χ0n) is 17.7. The number of primary amides is 1. The van der Waals surface area contributed by atoms with Crippen molar-refractivity contribution in [1.29, 1.82) is 5.26 Å². The molecule has 4 rings (SSSR count). The molecule has 0 radical (unpaired) electrons. The number of hydrogen-bond donors (Lipinski definition) is 2. The maximum atomic E-state index is 12.7. The first-order chi connectivity index (χ1) is 14.8. The highest BCUT2D eigenvalue weighted by Gasteiger charge is 2.54. The maximum Gasteiger partial charge on any atom is 0.254 e. The van der Waals surface area contributed by atoms with E-state index in [-0.39, 0.29) is 35.3 Å². The molecule has 7 nitrogen and oxygen atoms in total. The summed E-state index contributed by atoms with van der Waals surface area (Å²) in [6.45, 7) is 4.08. The quantitative estimate of drug-likeness (QED) is 0.746. The highest BCUT2D eigenvalue weighted by Crippen LogP contribution is 2.56. The Morgan fingerprint density at radius 1 is 1.26 bits per heavy atom. The SMILES string of the molecule is CC(C)c1cc(C#N)cc(C(=O)NC2CC3(C2)CC(Oc2ncccc2C(N)=O)C3)c1. The minimum atomic E-state index is -0.551. The second kappa shape index (κ2) is 8.03. The molecule has 2 aliphatic carbocycles. The molecule has 3 N–H and O–H groups in total. The molecule has 2 aliphatic rings. The van der Waals surface area contributed by atoms with Crippen LogP contribution in [0.2, 0.25) is 0 Å². The Bertz CT molecular complexity index is 1060. The van der Waals surface area contributed by atoms with Gasteiger partial charge in [0.05, 0.1) is 11.6 Å². The summed E-state index contributed by atoms with van der Waals surface area (Å²) in [7, 11) is 0. The molecule has 0 saturated heterocycles. The number of pyridine rings is 1. The molecule has 1 heterocycles. The Morgan fingerprint density at radius 2 is 2.00 bits per heavy atom. The predicted octanol–water partition coefficient (Wildman–Crippen LogP) is 3.30. The third kappa shape index (κ3) is 4.24. The molecule has 0 atom stereocenters. The predicted molar refractivity (Wildman–Crippen MR) is 115 cm³/mol. The molecule has 1 aromatic heterocycles. The van der Waals surface area contributed by atoms with Gasteiger partial charge in [-0.25, -0.2) is 4.98 Å². The van der Waals surface area contributed by atoms with Gasteiger partial charge in [-0.2, -0.15) is 5.26 Å². The summed E-state index contributed by atoms with van der Waals surface area (Å²) < 4.78 is 5.89. The lowest BCUT2D eigenvalue weighted by Crippen LogP contribution is -2.58. The number of rotatable bonds is 6. The largest absolute Gasteiger partial charge is 0.474 e. The number of nitrogens with zero attached hydrogens (tertiary/aromatic N) is 2. The summed E-state index contributed by atoms with van der Waals surface area (Å²) in [4.78, 5) is 28.4. The first-order valence-corrected chi connectivity index (χ1v) is 10.6. The summed E-state index contributed by atoms with van der Waals surface area (Å²) in [6.07, 6.45) is 5.13. The van der Waals surface area contributed by atoms with Crippen LogP contribution in [0.5, 0.6) is 5.88 Å². The molecule has 0 bridgehead atoms. The van der Waals surface area contributed by atoms with Crippen LogP contribution >= 0.6 is 0 Å². The van der Waals surface area contributed by atoms with Crippen LogP contribution in [0.1, 0.15) is 77.3 Å². The van der Waals surface area contributed by atoms with Crippen LogP contribution in [0.4, 0.5) is 0 Å². The fraction of sp³-hybridized carbons (Fsp3) is 0.417. The van der Waals surface area contributed by atoms with E-state index in [1.54, 1.807) is 24.4 Å². The van der Waals surface area contributed by atoms with Gasteiger partial charge in [0.2, 0.25) is 5.88 Å². The monoisotopic (exact) mass is 418 g/mol. The van der Waals surface area contributed by atoms with Gasteiger partial charge in [0, 0.05) is 17.8 Å². The molecule has 1 spiro atoms. The van der Waals surface area contributed by atoms with Crippen LogP contribution in [-0.4, -0.2) is 28.9 Å². The van der Waals surface area contributed by atoms with E-state index in [9.17, 15) is 14.9 Å². The van der Waals surface area contributed by atoms with Gasteiger partial charge >= 0.3 is 0 Å². The lowest BCUT2D eigenvalue weighted by atomic mass is 9.53. The van der Waals surface area contributed by atoms with Crippen LogP contribution in [-0.2, 0) is 0 Å². The van der Waals surface area contributed by atoms with Crippen molar-refractivity contribution in [2.24, 2.45) is 11.1 Å². The molecular formula is C24H26N4O3. The summed E-state index contributed by atoms with van der Waals surface area (Å²) in [6, 6.07) is 10.9. The number of carbonyl (C=O) groups is 2. The number of nitriles is 1. The molecule has 160 valence electrons. The van der Waals surface area contributed by atoms with Crippen molar-refractivity contribution < 1.29 is 14.3 Å². The third-order valence-corrected chi connectivity index (χ3v) is 6.34. The Kier molecular flexibility index (Phi) is 5.40. The smallest absolute Gasteiger partial charge is 0.254 e. The molecule has 2 fully saturated rings. The van der Waals surface area contributed by atoms with Gasteiger partial charge in [0.15, 0.2) is 0 Å². The van der Waals surface area contributed by atoms with E-state index >= 15 is 0 Å². The van der Waals surface area contributed by atoms with Gasteiger partial charge in [-0.1, -0.05) is 13.8 Å². The van der Waals surface area contributed by atoms with Crippen molar-refractivity contribution in [3.05, 3.63) is 58.8 Å². The topological polar surface area (TPSA) is 118 Å². The van der Waals surface area contributed by atoms with Crippen molar-refractivity contribution in [3.8, 4) is 11.9 Å². The van der Waals surface area contributed by atoms with E-state index < -0.39 is 5.91 Å². The first-order valence-electron chi connectivity index (χ1n) is 10.6. The van der Waals surface area contributed by atoms with Crippen LogP contribution in [0, 0.1) is 16.7 Å². The molecule has 31 heavy (non-hydrogen) atoms. The molecule has 2 aromatic rings. The average Bonchev–Trinajstić information content (AvgIpc) is 2.70. The highest BCUT2D eigenvalue weighted by atomic mass is 16.5. The number of ether oxygens (including phenoxy) is 1. The number of hydrogen-bond acceptors (Lipinski definition) is 5. The van der Waals surface area contributed by atoms with E-state index in [1.807, 2.05) is 26.0 Å². The zero-order valence-corrected chi connectivity index (χ0v) is 17.7. The molecule has 2 amide bonds. The third-order valence-electron chi connectivity index (χ3n) is 6.34. The van der Waals surface area contributed by atoms with Gasteiger partial charge < -0.3 is 15.8 Å². The van der Waals surface area contributed by atoms with E-state index in [2.05, 4.69) is 16.4 Å². The Labute approximate surface area is 181 Å². The Morgan fingerprint density at radius 3 is 2.65 bits per heavy atom. The second-order valence-electron chi connectivity index (χ2n) is 9.06. The summed E-state index contributed by atoms with van der Waals surface area (Å²) in [5.74, 6) is -0.152. The number of amides is 2. The molecule has 0 aliphatic heterocycles. The summed E-state index contributed by atoms with van der Waals surface area (Å²) >= 11 is 0. The minimum Gasteiger partial charge on any atom is -0.474 e. The van der Waals surface area contributed by atoms with Gasteiger partial charge in [-0.05, 0) is 72.9 Å². The van der Waals surface area contributed by atoms with Crippen LogP contribution < -0.4 is 15.8 Å². The Balaban J connectivity index is 1.30. The standard InChI is InChI=1S/C24H26N4O3/c1-14(2)16-6-15(13-25)7-17(8-16)22(30)28-18-9-24(10-18)11-19(12-24)31-23-20(21(26)29)4-3-5-27-23/h3-8,14,18-19H,9-12H2,1-2H3,(H2,26,29)(H,28,30).